The van der Waals surface area contributed by atoms with Crippen molar-refractivity contribution in [3.63, 3.8) is 0 Å². The fraction of sp³-hybridized carbons (Fsp3) is 0.250. The monoisotopic (exact) mass is 469 g/mol. The second kappa shape index (κ2) is 9.34. The van der Waals surface area contributed by atoms with Crippen LogP contribution >= 0.6 is 47.2 Å². The number of thiocarbonyl (C=S) groups is 1. The summed E-state index contributed by atoms with van der Waals surface area (Å²) in [4.78, 5) is 25.5. The summed E-state index contributed by atoms with van der Waals surface area (Å²) in [7, 11) is 0. The van der Waals surface area contributed by atoms with Crippen LogP contribution in [0.25, 0.3) is 17.4 Å². The van der Waals surface area contributed by atoms with Crippen LogP contribution in [0.15, 0.2) is 39.7 Å². The SMILES string of the molecule is CC(CCCC(=O)O)N1C(=O)C(=Cc2ccc(-c3ccc(Cl)c(Cl)c3)o2)SC1=S. The van der Waals surface area contributed by atoms with Gasteiger partial charge in [0, 0.05) is 24.1 Å². The minimum absolute atomic E-state index is 0.0683. The summed E-state index contributed by atoms with van der Waals surface area (Å²) in [5.41, 5.74) is 0.777. The molecule has 0 spiro atoms. The molecule has 1 aromatic heterocycles. The molecule has 2 aromatic rings. The van der Waals surface area contributed by atoms with Crippen molar-refractivity contribution in [1.29, 1.82) is 0 Å². The molecule has 5 nitrogen and oxygen atoms in total. The average Bonchev–Trinajstić information content (AvgIpc) is 3.22. The van der Waals surface area contributed by atoms with E-state index in [4.69, 9.17) is 44.9 Å². The van der Waals surface area contributed by atoms with Gasteiger partial charge in [0.25, 0.3) is 5.91 Å². The first kappa shape index (κ1) is 21.9. The molecule has 1 aliphatic rings. The number of carbonyl (C=O) groups is 2. The number of nitrogens with zero attached hydrogens (tertiary/aromatic N) is 1. The summed E-state index contributed by atoms with van der Waals surface area (Å²) in [5.74, 6) is 0.0748. The highest BCUT2D eigenvalue weighted by Crippen LogP contribution is 2.36. The zero-order valence-corrected chi connectivity index (χ0v) is 18.5. The number of hydrogen-bond acceptors (Lipinski definition) is 5. The molecule has 1 amide bonds. The predicted octanol–water partition coefficient (Wildman–Crippen LogP) is 6.10. The largest absolute Gasteiger partial charge is 0.481 e. The maximum absolute atomic E-state index is 12.8. The molecule has 29 heavy (non-hydrogen) atoms. The van der Waals surface area contributed by atoms with Crippen molar-refractivity contribution in [3.8, 4) is 11.3 Å². The third-order valence-corrected chi connectivity index (χ3v) is 6.45. The van der Waals surface area contributed by atoms with Crippen molar-refractivity contribution in [3.05, 3.63) is 51.0 Å². The minimum atomic E-state index is -0.849. The number of amides is 1. The standard InChI is InChI=1S/C20H17Cl2NO4S2/c1-11(3-2-4-18(24)25)23-19(26)17(29-20(23)28)10-13-6-8-16(27-13)12-5-7-14(21)15(22)9-12/h5-11H,2-4H2,1H3,(H,24,25). The van der Waals surface area contributed by atoms with Crippen LogP contribution in [0.5, 0.6) is 0 Å². The number of furan rings is 1. The first-order valence-electron chi connectivity index (χ1n) is 8.80. The van der Waals surface area contributed by atoms with E-state index in [0.717, 1.165) is 5.56 Å². The van der Waals surface area contributed by atoms with Gasteiger partial charge in [0.2, 0.25) is 0 Å². The number of benzene rings is 1. The van der Waals surface area contributed by atoms with E-state index in [1.807, 2.05) is 6.92 Å². The normalized spacial score (nSPS) is 16.7. The fourth-order valence-corrected chi connectivity index (χ4v) is 4.64. The van der Waals surface area contributed by atoms with Gasteiger partial charge in [0.15, 0.2) is 0 Å². The second-order valence-electron chi connectivity index (χ2n) is 6.52. The van der Waals surface area contributed by atoms with Gasteiger partial charge in [-0.2, -0.15) is 0 Å². The quantitative estimate of drug-likeness (QED) is 0.390. The van der Waals surface area contributed by atoms with Crippen molar-refractivity contribution < 1.29 is 19.1 Å². The van der Waals surface area contributed by atoms with Gasteiger partial charge in [-0.05, 0) is 50.1 Å². The van der Waals surface area contributed by atoms with Crippen LogP contribution in [-0.4, -0.2) is 32.2 Å². The van der Waals surface area contributed by atoms with Crippen LogP contribution in [0.4, 0.5) is 0 Å². The highest BCUT2D eigenvalue weighted by molar-refractivity contribution is 8.26. The molecule has 0 saturated carbocycles. The lowest BCUT2D eigenvalue weighted by Crippen LogP contribution is -2.36. The molecule has 1 unspecified atom stereocenters. The Morgan fingerprint density at radius 1 is 1.31 bits per heavy atom. The van der Waals surface area contributed by atoms with Crippen LogP contribution < -0.4 is 0 Å². The van der Waals surface area contributed by atoms with Crippen LogP contribution in [0, 0.1) is 0 Å². The lowest BCUT2D eigenvalue weighted by Gasteiger charge is -2.22. The van der Waals surface area contributed by atoms with Crippen LogP contribution in [0.3, 0.4) is 0 Å². The number of rotatable bonds is 7. The lowest BCUT2D eigenvalue weighted by atomic mass is 10.1. The zero-order valence-electron chi connectivity index (χ0n) is 15.4. The van der Waals surface area contributed by atoms with E-state index in [-0.39, 0.29) is 18.4 Å². The Labute approximate surface area is 187 Å². The number of carboxylic acid groups (broad SMARTS) is 1. The van der Waals surface area contributed by atoms with Gasteiger partial charge in [-0.1, -0.05) is 47.2 Å². The Kier molecular flexibility index (Phi) is 7.05. The Bertz CT molecular complexity index is 1000. The van der Waals surface area contributed by atoms with Crippen molar-refractivity contribution in [2.45, 2.75) is 32.2 Å². The number of halogens is 2. The molecule has 0 bridgehead atoms. The first-order valence-corrected chi connectivity index (χ1v) is 10.8. The highest BCUT2D eigenvalue weighted by atomic mass is 35.5. The van der Waals surface area contributed by atoms with Gasteiger partial charge in [-0.3, -0.25) is 14.5 Å². The molecule has 1 atom stereocenters. The molecule has 1 N–H and O–H groups in total. The van der Waals surface area contributed by atoms with Gasteiger partial charge in [-0.25, -0.2) is 0 Å². The summed E-state index contributed by atoms with van der Waals surface area (Å²) in [6.45, 7) is 1.87. The smallest absolute Gasteiger partial charge is 0.303 e. The molecule has 152 valence electrons. The molecule has 1 saturated heterocycles. The van der Waals surface area contributed by atoms with Crippen molar-refractivity contribution in [2.75, 3.05) is 0 Å². The van der Waals surface area contributed by atoms with Gasteiger partial charge in [0.05, 0.1) is 15.0 Å². The number of carboxylic acids is 1. The van der Waals surface area contributed by atoms with E-state index in [9.17, 15) is 9.59 Å². The fourth-order valence-electron chi connectivity index (χ4n) is 2.90. The number of carbonyl (C=O) groups excluding carboxylic acids is 1. The van der Waals surface area contributed by atoms with Crippen LogP contribution in [0.1, 0.15) is 31.9 Å². The van der Waals surface area contributed by atoms with E-state index in [1.165, 1.54) is 16.7 Å². The lowest BCUT2D eigenvalue weighted by molar-refractivity contribution is -0.137. The maximum Gasteiger partial charge on any atom is 0.303 e. The van der Waals surface area contributed by atoms with E-state index in [2.05, 4.69) is 0 Å². The van der Waals surface area contributed by atoms with E-state index < -0.39 is 5.97 Å². The first-order chi connectivity index (χ1) is 13.8. The molecule has 0 aliphatic carbocycles. The summed E-state index contributed by atoms with van der Waals surface area (Å²) in [6.07, 6.45) is 2.77. The molecule has 1 aliphatic heterocycles. The average molecular weight is 470 g/mol. The molecule has 1 fully saturated rings. The maximum atomic E-state index is 12.8. The number of thioether (sulfide) groups is 1. The number of hydrogen-bond donors (Lipinski definition) is 1. The van der Waals surface area contributed by atoms with Crippen molar-refractivity contribution >= 4 is 69.5 Å². The molecule has 0 radical (unpaired) electrons. The third-order valence-electron chi connectivity index (χ3n) is 4.38. The molecule has 2 heterocycles. The molecular formula is C20H17Cl2NO4S2. The number of aliphatic carboxylic acids is 1. The van der Waals surface area contributed by atoms with Crippen molar-refractivity contribution in [1.82, 2.24) is 4.90 Å². The molecular weight excluding hydrogens is 453 g/mol. The third kappa shape index (κ3) is 5.22. The predicted molar refractivity (Wildman–Crippen MR) is 120 cm³/mol. The molecule has 3 rings (SSSR count). The van der Waals surface area contributed by atoms with Gasteiger partial charge >= 0.3 is 5.97 Å². The molecule has 9 heteroatoms. The Morgan fingerprint density at radius 2 is 2.07 bits per heavy atom. The van der Waals surface area contributed by atoms with Crippen LogP contribution in [0.2, 0.25) is 10.0 Å². The molecule has 1 aromatic carbocycles. The highest BCUT2D eigenvalue weighted by Gasteiger charge is 2.35. The van der Waals surface area contributed by atoms with Gasteiger partial charge in [-0.15, -0.1) is 0 Å². The Morgan fingerprint density at radius 3 is 2.76 bits per heavy atom. The summed E-state index contributed by atoms with van der Waals surface area (Å²) < 4.78 is 6.28. The second-order valence-corrected chi connectivity index (χ2v) is 9.01. The topological polar surface area (TPSA) is 70.8 Å². The van der Waals surface area contributed by atoms with E-state index >= 15 is 0 Å². The summed E-state index contributed by atoms with van der Waals surface area (Å²) in [6, 6.07) is 8.59. The van der Waals surface area contributed by atoms with E-state index in [1.54, 1.807) is 36.4 Å². The summed E-state index contributed by atoms with van der Waals surface area (Å²) in [5, 5.41) is 9.66. The van der Waals surface area contributed by atoms with Crippen LogP contribution in [-0.2, 0) is 9.59 Å². The van der Waals surface area contributed by atoms with Crippen molar-refractivity contribution in [2.24, 2.45) is 0 Å². The Hall–Kier alpha value is -1.80. The zero-order chi connectivity index (χ0) is 21.1. The van der Waals surface area contributed by atoms with E-state index in [0.29, 0.717) is 43.6 Å². The summed E-state index contributed by atoms with van der Waals surface area (Å²) >= 11 is 18.6. The van der Waals surface area contributed by atoms with Gasteiger partial charge < -0.3 is 9.52 Å². The Balaban J connectivity index is 1.73. The minimum Gasteiger partial charge on any atom is -0.481 e. The van der Waals surface area contributed by atoms with Gasteiger partial charge in [0.1, 0.15) is 15.8 Å².